The van der Waals surface area contributed by atoms with Crippen molar-refractivity contribution in [2.45, 2.75) is 17.3 Å². The van der Waals surface area contributed by atoms with Crippen molar-refractivity contribution in [1.29, 1.82) is 0 Å². The van der Waals surface area contributed by atoms with Gasteiger partial charge in [0, 0.05) is 0 Å². The molecule has 0 rings (SSSR count). The number of nitrogens with one attached hydrogen (secondary N) is 1. The summed E-state index contributed by atoms with van der Waals surface area (Å²) >= 11 is 1.67. The van der Waals surface area contributed by atoms with Crippen LogP contribution in [-0.2, 0) is 0 Å². The molecule has 0 saturated carbocycles. The molecule has 0 atom stereocenters. The van der Waals surface area contributed by atoms with Crippen LogP contribution >= 0.6 is 0 Å². The van der Waals surface area contributed by atoms with Crippen molar-refractivity contribution in [3.8, 4) is 0 Å². The van der Waals surface area contributed by atoms with Crippen LogP contribution < -0.4 is 5.32 Å². The van der Waals surface area contributed by atoms with Crippen molar-refractivity contribution in [2.24, 2.45) is 0 Å². The van der Waals surface area contributed by atoms with E-state index in [2.05, 4.69) is 5.32 Å². The van der Waals surface area contributed by atoms with Crippen molar-refractivity contribution < 1.29 is 0 Å². The molecular formula is C5H12NSn. The average molecular weight is 205 g/mol. The molecule has 7 heavy (non-hydrogen) atoms. The third-order valence-corrected chi connectivity index (χ3v) is 1.86. The summed E-state index contributed by atoms with van der Waals surface area (Å²) in [4.78, 5) is 0. The Hall–Kier alpha value is 0.759. The monoisotopic (exact) mass is 206 g/mol. The zero-order valence-electron chi connectivity index (χ0n) is 4.83. The zero-order chi connectivity index (χ0) is 5.54. The second-order valence-electron chi connectivity index (χ2n) is 1.56. The van der Waals surface area contributed by atoms with Crippen LogP contribution in [0, 0.1) is 0 Å². The van der Waals surface area contributed by atoms with Gasteiger partial charge < -0.3 is 0 Å². The van der Waals surface area contributed by atoms with E-state index in [1.807, 2.05) is 7.05 Å². The summed E-state index contributed by atoms with van der Waals surface area (Å²) in [6, 6.07) is 0. The Labute approximate surface area is 59.0 Å². The van der Waals surface area contributed by atoms with Gasteiger partial charge in [0.05, 0.1) is 0 Å². The van der Waals surface area contributed by atoms with E-state index in [0.29, 0.717) is 0 Å². The molecule has 1 N–H and O–H groups in total. The Bertz CT molecular complexity index is 27.3. The van der Waals surface area contributed by atoms with Crippen LogP contribution in [0.25, 0.3) is 0 Å². The Morgan fingerprint density at radius 3 is 2.57 bits per heavy atom. The summed E-state index contributed by atoms with van der Waals surface area (Å²) in [5.74, 6) is 0. The van der Waals surface area contributed by atoms with Gasteiger partial charge in [0.2, 0.25) is 0 Å². The minimum atomic E-state index is 1.19. The maximum atomic E-state index is 3.11. The normalized spacial score (nSPS) is 9.43. The summed E-state index contributed by atoms with van der Waals surface area (Å²) in [6.07, 6.45) is 2.75. The van der Waals surface area contributed by atoms with Crippen molar-refractivity contribution >= 4 is 22.5 Å². The molecule has 0 amide bonds. The fourth-order valence-corrected chi connectivity index (χ4v) is 1.14. The summed E-state index contributed by atoms with van der Waals surface area (Å²) < 4.78 is 1.41. The van der Waals surface area contributed by atoms with Gasteiger partial charge in [0.1, 0.15) is 0 Å². The zero-order valence-corrected chi connectivity index (χ0v) is 7.68. The molecule has 2 heteroatoms. The summed E-state index contributed by atoms with van der Waals surface area (Å²) in [5, 5.41) is 3.11. The number of rotatable bonds is 4. The van der Waals surface area contributed by atoms with E-state index in [0.717, 1.165) is 0 Å². The van der Waals surface area contributed by atoms with E-state index in [-0.39, 0.29) is 0 Å². The number of hydrogen-bond donors (Lipinski definition) is 1. The van der Waals surface area contributed by atoms with E-state index in [4.69, 9.17) is 0 Å². The van der Waals surface area contributed by atoms with Gasteiger partial charge >= 0.3 is 58.7 Å². The van der Waals surface area contributed by atoms with Gasteiger partial charge in [-0.3, -0.25) is 0 Å². The van der Waals surface area contributed by atoms with Crippen LogP contribution in [0.3, 0.4) is 0 Å². The number of unbranched alkanes of at least 4 members (excludes halogenated alkanes) is 1. The third kappa shape index (κ3) is 6.76. The third-order valence-electron chi connectivity index (χ3n) is 0.854. The molecule has 0 aromatic rings. The standard InChI is InChI=1S/C5H12N.Sn/c1-3-4-5-6-2;/h6H,1,3-5H2,2H3;. The predicted octanol–water partition coefficient (Wildman–Crippen LogP) is 0.573. The molecule has 0 aliphatic rings. The molecule has 1 nitrogen and oxygen atoms in total. The fourth-order valence-electron chi connectivity index (χ4n) is 0.427. The SMILES string of the molecule is CNCCC[CH2][Sn]. The van der Waals surface area contributed by atoms with Crippen molar-refractivity contribution in [2.75, 3.05) is 13.6 Å². The maximum absolute atomic E-state index is 3.11. The Balaban J connectivity index is 2.45. The van der Waals surface area contributed by atoms with E-state index in [9.17, 15) is 0 Å². The van der Waals surface area contributed by atoms with Crippen LogP contribution in [0.5, 0.6) is 0 Å². The first-order chi connectivity index (χ1) is 3.41. The van der Waals surface area contributed by atoms with Crippen LogP contribution in [0.15, 0.2) is 0 Å². The molecule has 0 unspecified atom stereocenters. The molecule has 3 radical (unpaired) electrons. The fraction of sp³-hybridized carbons (Fsp3) is 1.00. The molecule has 0 saturated heterocycles. The van der Waals surface area contributed by atoms with Crippen LogP contribution in [0.4, 0.5) is 0 Å². The van der Waals surface area contributed by atoms with Crippen LogP contribution in [0.2, 0.25) is 4.44 Å². The first kappa shape index (κ1) is 7.76. The van der Waals surface area contributed by atoms with Gasteiger partial charge in [0.15, 0.2) is 0 Å². The Kier molecular flexibility index (Phi) is 7.49. The molecule has 0 aliphatic heterocycles. The summed E-state index contributed by atoms with van der Waals surface area (Å²) in [5.41, 5.74) is 0. The molecule has 0 fully saturated rings. The Morgan fingerprint density at radius 1 is 1.43 bits per heavy atom. The molecule has 0 bridgehead atoms. The first-order valence-corrected chi connectivity index (χ1v) is 4.73. The van der Waals surface area contributed by atoms with Crippen LogP contribution in [-0.4, -0.2) is 36.1 Å². The summed E-state index contributed by atoms with van der Waals surface area (Å²) in [6.45, 7) is 1.19. The van der Waals surface area contributed by atoms with Gasteiger partial charge in [-0.1, -0.05) is 0 Å². The molecule has 0 aliphatic carbocycles. The first-order valence-electron chi connectivity index (χ1n) is 2.71. The van der Waals surface area contributed by atoms with Gasteiger partial charge in [0.25, 0.3) is 0 Å². The average Bonchev–Trinajstić information content (AvgIpc) is 1.69. The summed E-state index contributed by atoms with van der Waals surface area (Å²) in [7, 11) is 2.00. The molecule has 0 spiro atoms. The van der Waals surface area contributed by atoms with Crippen molar-refractivity contribution in [3.63, 3.8) is 0 Å². The van der Waals surface area contributed by atoms with Crippen LogP contribution in [0.1, 0.15) is 12.8 Å². The molecule has 0 aromatic carbocycles. The van der Waals surface area contributed by atoms with E-state index in [1.165, 1.54) is 23.8 Å². The Morgan fingerprint density at radius 2 is 2.14 bits per heavy atom. The van der Waals surface area contributed by atoms with E-state index >= 15 is 0 Å². The van der Waals surface area contributed by atoms with Gasteiger partial charge in [-0.2, -0.15) is 0 Å². The second-order valence-corrected chi connectivity index (χ2v) is 2.99. The topological polar surface area (TPSA) is 12.0 Å². The van der Waals surface area contributed by atoms with Gasteiger partial charge in [-0.15, -0.1) is 0 Å². The predicted molar refractivity (Wildman–Crippen MR) is 33.7 cm³/mol. The molecule has 41 valence electrons. The van der Waals surface area contributed by atoms with Crippen molar-refractivity contribution in [1.82, 2.24) is 5.32 Å². The quantitative estimate of drug-likeness (QED) is 0.522. The van der Waals surface area contributed by atoms with Gasteiger partial charge in [-0.05, 0) is 0 Å². The van der Waals surface area contributed by atoms with E-state index < -0.39 is 0 Å². The molecular weight excluding hydrogens is 193 g/mol. The van der Waals surface area contributed by atoms with E-state index in [1.54, 1.807) is 22.5 Å². The molecule has 0 heterocycles. The molecule has 0 aromatic heterocycles. The van der Waals surface area contributed by atoms with Gasteiger partial charge in [-0.25, -0.2) is 0 Å². The van der Waals surface area contributed by atoms with Crippen molar-refractivity contribution in [3.05, 3.63) is 0 Å². The number of hydrogen-bond acceptors (Lipinski definition) is 1. The minimum absolute atomic E-state index is 1.19. The second kappa shape index (κ2) is 6.76.